The summed E-state index contributed by atoms with van der Waals surface area (Å²) in [6.07, 6.45) is 5.72. The highest BCUT2D eigenvalue weighted by molar-refractivity contribution is 6.05. The van der Waals surface area contributed by atoms with E-state index in [1.54, 1.807) is 50.6 Å². The molecule has 0 spiro atoms. The smallest absolute Gasteiger partial charge is 0.268 e. The first kappa shape index (κ1) is 22.2. The highest BCUT2D eigenvalue weighted by Gasteiger charge is 2.24. The Hall–Kier alpha value is -4.00. The van der Waals surface area contributed by atoms with Gasteiger partial charge in [0.1, 0.15) is 23.0 Å². The minimum Gasteiger partial charge on any atom is -0.497 e. The lowest BCUT2D eigenvalue weighted by Crippen LogP contribution is -2.37. The summed E-state index contributed by atoms with van der Waals surface area (Å²) in [5.74, 6) is 1.11. The fourth-order valence-electron chi connectivity index (χ4n) is 3.91. The first-order chi connectivity index (χ1) is 16.1. The molecule has 0 fully saturated rings. The summed E-state index contributed by atoms with van der Waals surface area (Å²) in [6, 6.07) is 15.8. The fraction of sp³-hybridized carbons (Fsp3) is 0.231. The third kappa shape index (κ3) is 5.26. The van der Waals surface area contributed by atoms with Gasteiger partial charge in [0.2, 0.25) is 0 Å². The number of aryl methyl sites for hydroxylation is 1. The van der Waals surface area contributed by atoms with Gasteiger partial charge in [-0.25, -0.2) is 0 Å². The first-order valence-corrected chi connectivity index (χ1v) is 10.8. The summed E-state index contributed by atoms with van der Waals surface area (Å²) in [6.45, 7) is 0. The van der Waals surface area contributed by atoms with E-state index >= 15 is 0 Å². The second-order valence-corrected chi connectivity index (χ2v) is 7.74. The number of carbonyl (C=O) groups excluding carboxylic acids is 2. The number of nitrogens with one attached hydrogen (secondary N) is 2. The zero-order valence-electron chi connectivity index (χ0n) is 18.6. The number of hydrogen-bond acceptors (Lipinski definition) is 5. The van der Waals surface area contributed by atoms with E-state index in [0.29, 0.717) is 17.1 Å². The Morgan fingerprint density at radius 1 is 1.03 bits per heavy atom. The van der Waals surface area contributed by atoms with Gasteiger partial charge in [-0.05, 0) is 78.9 Å². The van der Waals surface area contributed by atoms with Gasteiger partial charge in [-0.1, -0.05) is 6.07 Å². The van der Waals surface area contributed by atoms with Gasteiger partial charge in [-0.3, -0.25) is 9.59 Å². The molecular formula is C26H26N2O5. The van der Waals surface area contributed by atoms with E-state index in [1.165, 1.54) is 12.3 Å². The molecule has 1 aromatic heterocycles. The number of fused-ring (bicyclic) bond motifs is 1. The number of methoxy groups -OCH3 is 2. The van der Waals surface area contributed by atoms with Crippen molar-refractivity contribution in [3.8, 4) is 11.5 Å². The molecule has 4 rings (SSSR count). The van der Waals surface area contributed by atoms with Crippen LogP contribution in [0.1, 0.15) is 46.1 Å². The van der Waals surface area contributed by atoms with Crippen LogP contribution < -0.4 is 20.1 Å². The van der Waals surface area contributed by atoms with Gasteiger partial charge in [0.25, 0.3) is 11.8 Å². The van der Waals surface area contributed by atoms with Gasteiger partial charge in [-0.15, -0.1) is 0 Å². The van der Waals surface area contributed by atoms with E-state index in [2.05, 4.69) is 10.6 Å². The average molecular weight is 447 g/mol. The van der Waals surface area contributed by atoms with Gasteiger partial charge >= 0.3 is 0 Å². The average Bonchev–Trinajstić information content (AvgIpc) is 3.36. The van der Waals surface area contributed by atoms with E-state index in [4.69, 9.17) is 13.9 Å². The van der Waals surface area contributed by atoms with E-state index in [1.807, 2.05) is 18.2 Å². The Kier molecular flexibility index (Phi) is 6.78. The SMILES string of the molecule is COc1ccc(C(=O)N/C(=C\c2ccco2)C(=O)N[C@@H]2CCCc3cc(OC)ccc32)cc1. The summed E-state index contributed by atoms with van der Waals surface area (Å²) in [7, 11) is 3.20. The second-order valence-electron chi connectivity index (χ2n) is 7.74. The highest BCUT2D eigenvalue weighted by Crippen LogP contribution is 2.32. The molecule has 2 aromatic carbocycles. The third-order valence-electron chi connectivity index (χ3n) is 5.64. The molecule has 1 atom stereocenters. The van der Waals surface area contributed by atoms with Crippen molar-refractivity contribution in [1.29, 1.82) is 0 Å². The number of benzene rings is 2. The predicted molar refractivity (Wildman–Crippen MR) is 124 cm³/mol. The summed E-state index contributed by atoms with van der Waals surface area (Å²) in [4.78, 5) is 26.1. The Morgan fingerprint density at radius 3 is 2.48 bits per heavy atom. The number of carbonyl (C=O) groups is 2. The summed E-state index contributed by atoms with van der Waals surface area (Å²) in [5, 5.41) is 5.81. The first-order valence-electron chi connectivity index (χ1n) is 10.8. The van der Waals surface area contributed by atoms with Crippen molar-refractivity contribution in [3.63, 3.8) is 0 Å². The van der Waals surface area contributed by atoms with Crippen LogP contribution in [0.25, 0.3) is 6.08 Å². The van der Waals surface area contributed by atoms with Crippen molar-refractivity contribution < 1.29 is 23.5 Å². The molecular weight excluding hydrogens is 420 g/mol. The van der Waals surface area contributed by atoms with Gasteiger partial charge < -0.3 is 24.5 Å². The van der Waals surface area contributed by atoms with E-state index in [-0.39, 0.29) is 17.6 Å². The molecule has 1 aliphatic carbocycles. The Bertz CT molecular complexity index is 1150. The minimum atomic E-state index is -0.403. The maximum Gasteiger partial charge on any atom is 0.268 e. The number of hydrogen-bond donors (Lipinski definition) is 2. The molecule has 0 unspecified atom stereocenters. The molecule has 7 nitrogen and oxygen atoms in total. The molecule has 3 aromatic rings. The van der Waals surface area contributed by atoms with Gasteiger partial charge in [0, 0.05) is 11.6 Å². The number of amides is 2. The molecule has 1 aliphatic rings. The van der Waals surface area contributed by atoms with Crippen molar-refractivity contribution in [3.05, 3.63) is 89.0 Å². The van der Waals surface area contributed by atoms with Crippen LogP contribution in [-0.4, -0.2) is 26.0 Å². The van der Waals surface area contributed by atoms with Crippen LogP contribution in [0.2, 0.25) is 0 Å². The summed E-state index contributed by atoms with van der Waals surface area (Å²) in [5.41, 5.74) is 2.73. The topological polar surface area (TPSA) is 89.8 Å². The minimum absolute atomic E-state index is 0.103. The van der Waals surface area contributed by atoms with Crippen LogP contribution in [0, 0.1) is 0 Å². The summed E-state index contributed by atoms with van der Waals surface area (Å²) < 4.78 is 15.8. The molecule has 1 heterocycles. The van der Waals surface area contributed by atoms with Crippen molar-refractivity contribution in [2.24, 2.45) is 0 Å². The van der Waals surface area contributed by atoms with Crippen LogP contribution in [0.3, 0.4) is 0 Å². The lowest BCUT2D eigenvalue weighted by atomic mass is 9.87. The van der Waals surface area contributed by atoms with Crippen LogP contribution in [0.15, 0.2) is 71.0 Å². The predicted octanol–water partition coefficient (Wildman–Crippen LogP) is 4.26. The molecule has 2 amide bonds. The Morgan fingerprint density at radius 2 is 1.79 bits per heavy atom. The molecule has 0 radical (unpaired) electrons. The fourth-order valence-corrected chi connectivity index (χ4v) is 3.91. The molecule has 0 bridgehead atoms. The van der Waals surface area contributed by atoms with Crippen molar-refractivity contribution in [2.75, 3.05) is 14.2 Å². The Balaban J connectivity index is 1.55. The highest BCUT2D eigenvalue weighted by atomic mass is 16.5. The van der Waals surface area contributed by atoms with Crippen LogP contribution in [-0.2, 0) is 11.2 Å². The van der Waals surface area contributed by atoms with Gasteiger partial charge in [0.15, 0.2) is 0 Å². The van der Waals surface area contributed by atoms with Gasteiger partial charge in [0.05, 0.1) is 26.5 Å². The Labute approximate surface area is 192 Å². The molecule has 170 valence electrons. The van der Waals surface area contributed by atoms with Crippen molar-refractivity contribution in [1.82, 2.24) is 10.6 Å². The van der Waals surface area contributed by atoms with Gasteiger partial charge in [-0.2, -0.15) is 0 Å². The molecule has 7 heteroatoms. The normalized spacial score (nSPS) is 15.3. The lowest BCUT2D eigenvalue weighted by molar-refractivity contribution is -0.118. The third-order valence-corrected chi connectivity index (χ3v) is 5.64. The largest absolute Gasteiger partial charge is 0.497 e. The van der Waals surface area contributed by atoms with Crippen LogP contribution >= 0.6 is 0 Å². The summed E-state index contributed by atoms with van der Waals surface area (Å²) >= 11 is 0. The molecule has 0 saturated carbocycles. The number of furan rings is 1. The zero-order chi connectivity index (χ0) is 23.2. The maximum atomic E-state index is 13.3. The maximum absolute atomic E-state index is 13.3. The van der Waals surface area contributed by atoms with Crippen molar-refractivity contribution in [2.45, 2.75) is 25.3 Å². The molecule has 0 saturated heterocycles. The van der Waals surface area contributed by atoms with E-state index in [9.17, 15) is 9.59 Å². The quantitative estimate of drug-likeness (QED) is 0.530. The van der Waals surface area contributed by atoms with Crippen LogP contribution in [0.4, 0.5) is 0 Å². The number of ether oxygens (including phenoxy) is 2. The molecule has 2 N–H and O–H groups in total. The van der Waals surface area contributed by atoms with E-state index in [0.717, 1.165) is 36.1 Å². The number of rotatable bonds is 7. The monoisotopic (exact) mass is 446 g/mol. The molecule has 33 heavy (non-hydrogen) atoms. The van der Waals surface area contributed by atoms with E-state index < -0.39 is 5.91 Å². The second kappa shape index (κ2) is 10.1. The lowest BCUT2D eigenvalue weighted by Gasteiger charge is -2.27. The standard InChI is InChI=1S/C26H26N2O5/c1-31-19-10-8-17(9-11-19)25(29)28-24(16-21-6-4-14-33-21)26(30)27-23-7-3-5-18-15-20(32-2)12-13-22(18)23/h4,6,8-16,23H,3,5,7H2,1-2H3,(H,27,30)(H,28,29)/b24-16-/t23-/m1/s1. The van der Waals surface area contributed by atoms with Crippen molar-refractivity contribution >= 4 is 17.9 Å². The van der Waals surface area contributed by atoms with Crippen LogP contribution in [0.5, 0.6) is 11.5 Å². The zero-order valence-corrected chi connectivity index (χ0v) is 18.6. The molecule has 0 aliphatic heterocycles.